The van der Waals surface area contributed by atoms with Crippen molar-refractivity contribution in [2.45, 2.75) is 13.0 Å². The summed E-state index contributed by atoms with van der Waals surface area (Å²) >= 11 is 0. The Morgan fingerprint density at radius 1 is 1.00 bits per heavy atom. The van der Waals surface area contributed by atoms with Gasteiger partial charge in [0.25, 0.3) is 0 Å². The van der Waals surface area contributed by atoms with Crippen molar-refractivity contribution in [1.29, 1.82) is 0 Å². The van der Waals surface area contributed by atoms with Gasteiger partial charge >= 0.3 is 0 Å². The van der Waals surface area contributed by atoms with Crippen LogP contribution >= 0.6 is 24.0 Å². The van der Waals surface area contributed by atoms with E-state index in [-0.39, 0.29) is 24.0 Å². The van der Waals surface area contributed by atoms with Gasteiger partial charge in [-0.1, -0.05) is 24.3 Å². The molecule has 0 saturated carbocycles. The second kappa shape index (κ2) is 13.2. The number of guanidine groups is 1. The number of nitrogens with two attached hydrogens (primary N) is 1. The molecule has 2 rings (SSSR count). The van der Waals surface area contributed by atoms with Gasteiger partial charge in [0.2, 0.25) is 0 Å². The Labute approximate surface area is 185 Å². The van der Waals surface area contributed by atoms with Crippen molar-refractivity contribution in [3.63, 3.8) is 0 Å². The molecule has 0 aromatic heterocycles. The predicted molar refractivity (Wildman–Crippen MR) is 126 cm³/mol. The Morgan fingerprint density at radius 2 is 1.61 bits per heavy atom. The zero-order valence-electron chi connectivity index (χ0n) is 16.9. The predicted octanol–water partition coefficient (Wildman–Crippen LogP) is 2.90. The molecule has 0 bridgehead atoms. The fourth-order valence-electron chi connectivity index (χ4n) is 2.40. The lowest BCUT2D eigenvalue weighted by Crippen LogP contribution is -2.33. The molecular formula is C21H31IN4O2. The van der Waals surface area contributed by atoms with Crippen LogP contribution in [-0.2, 0) is 13.0 Å². The highest BCUT2D eigenvalue weighted by atomic mass is 127. The molecule has 154 valence electrons. The van der Waals surface area contributed by atoms with E-state index >= 15 is 0 Å². The molecule has 0 saturated heterocycles. The first-order chi connectivity index (χ1) is 13.1. The lowest BCUT2D eigenvalue weighted by atomic mass is 10.1. The Bertz CT molecular complexity index is 703. The van der Waals surface area contributed by atoms with Gasteiger partial charge in [-0.2, -0.15) is 0 Å². The molecular weight excluding hydrogens is 467 g/mol. The Hall–Kier alpha value is -2.00. The minimum atomic E-state index is 0. The highest BCUT2D eigenvalue weighted by Crippen LogP contribution is 2.13. The Morgan fingerprint density at radius 3 is 2.21 bits per heavy atom. The summed E-state index contributed by atoms with van der Waals surface area (Å²) in [7, 11) is 5.72. The number of nitrogens with zero attached hydrogens (tertiary/aromatic N) is 2. The molecule has 0 heterocycles. The van der Waals surface area contributed by atoms with Crippen LogP contribution in [0.3, 0.4) is 0 Å². The van der Waals surface area contributed by atoms with Crippen LogP contribution in [0.15, 0.2) is 53.5 Å². The first-order valence-electron chi connectivity index (χ1n) is 9.10. The van der Waals surface area contributed by atoms with Gasteiger partial charge in [-0.25, -0.2) is 4.99 Å². The summed E-state index contributed by atoms with van der Waals surface area (Å²) in [4.78, 5) is 6.47. The first kappa shape index (κ1) is 24.0. The first-order valence-corrected chi connectivity index (χ1v) is 9.10. The lowest BCUT2D eigenvalue weighted by molar-refractivity contribution is 0.261. The van der Waals surface area contributed by atoms with Gasteiger partial charge in [0, 0.05) is 13.1 Å². The summed E-state index contributed by atoms with van der Waals surface area (Å²) in [6.45, 7) is 2.85. The van der Waals surface area contributed by atoms with Crippen molar-refractivity contribution in [2.24, 2.45) is 10.7 Å². The zero-order valence-corrected chi connectivity index (χ0v) is 19.2. The van der Waals surface area contributed by atoms with Gasteiger partial charge < -0.3 is 25.4 Å². The van der Waals surface area contributed by atoms with E-state index in [0.717, 1.165) is 36.6 Å². The summed E-state index contributed by atoms with van der Waals surface area (Å²) in [5.41, 5.74) is 8.26. The van der Waals surface area contributed by atoms with Crippen molar-refractivity contribution in [3.8, 4) is 11.5 Å². The van der Waals surface area contributed by atoms with Gasteiger partial charge in [0.15, 0.2) is 5.96 Å². The van der Waals surface area contributed by atoms with E-state index in [1.54, 1.807) is 7.11 Å². The van der Waals surface area contributed by atoms with Crippen molar-refractivity contribution < 1.29 is 9.47 Å². The number of hydrogen-bond acceptors (Lipinski definition) is 4. The third kappa shape index (κ3) is 9.27. The molecule has 0 aliphatic heterocycles. The standard InChI is InChI=1S/C21H30N4O2.HI/c1-25(2)14-15-27-20-10-6-18(7-11-20)16-24-21(22)23-13-12-17-4-8-19(26-3)9-5-17;/h4-11H,12-16H2,1-3H3,(H3,22,23,24);1H. The number of likely N-dealkylation sites (N-methyl/N-ethyl adjacent to an activating group) is 1. The second-order valence-electron chi connectivity index (χ2n) is 6.52. The van der Waals surface area contributed by atoms with Crippen LogP contribution in [0, 0.1) is 0 Å². The minimum absolute atomic E-state index is 0. The van der Waals surface area contributed by atoms with Crippen molar-refractivity contribution >= 4 is 29.9 Å². The van der Waals surface area contributed by atoms with Crippen molar-refractivity contribution in [2.75, 3.05) is 40.9 Å². The fourth-order valence-corrected chi connectivity index (χ4v) is 2.40. The van der Waals surface area contributed by atoms with Crippen LogP contribution in [-0.4, -0.2) is 51.8 Å². The minimum Gasteiger partial charge on any atom is -0.497 e. The number of nitrogens with one attached hydrogen (secondary N) is 1. The molecule has 0 amide bonds. The molecule has 0 fully saturated rings. The average molecular weight is 498 g/mol. The average Bonchev–Trinajstić information content (AvgIpc) is 2.67. The summed E-state index contributed by atoms with van der Waals surface area (Å²) < 4.78 is 10.8. The summed E-state index contributed by atoms with van der Waals surface area (Å²) in [6.07, 6.45) is 0.874. The van der Waals surface area contributed by atoms with Crippen LogP contribution < -0.4 is 20.5 Å². The molecule has 2 aromatic carbocycles. The normalized spacial score (nSPS) is 11.1. The quantitative estimate of drug-likeness (QED) is 0.300. The maximum absolute atomic E-state index is 5.94. The number of rotatable bonds is 10. The highest BCUT2D eigenvalue weighted by Gasteiger charge is 1.98. The second-order valence-corrected chi connectivity index (χ2v) is 6.52. The molecule has 3 N–H and O–H groups in total. The summed E-state index contributed by atoms with van der Waals surface area (Å²) in [5, 5.41) is 3.15. The number of benzene rings is 2. The number of halogens is 1. The number of ether oxygens (including phenoxy) is 2. The van der Waals surface area contributed by atoms with Gasteiger partial charge in [0.1, 0.15) is 18.1 Å². The van der Waals surface area contributed by atoms with Crippen LogP contribution in [0.25, 0.3) is 0 Å². The van der Waals surface area contributed by atoms with Crippen molar-refractivity contribution in [1.82, 2.24) is 10.2 Å². The van der Waals surface area contributed by atoms with Crippen LogP contribution in [0.4, 0.5) is 0 Å². The van der Waals surface area contributed by atoms with Gasteiger partial charge in [-0.15, -0.1) is 24.0 Å². The number of methoxy groups -OCH3 is 1. The van der Waals surface area contributed by atoms with E-state index in [9.17, 15) is 0 Å². The van der Waals surface area contributed by atoms with E-state index in [4.69, 9.17) is 15.2 Å². The topological polar surface area (TPSA) is 72.1 Å². The third-order valence-corrected chi connectivity index (χ3v) is 4.04. The Balaban J connectivity index is 0.00000392. The van der Waals surface area contributed by atoms with Gasteiger partial charge in [-0.05, 0) is 55.9 Å². The highest BCUT2D eigenvalue weighted by molar-refractivity contribution is 14.0. The molecule has 0 unspecified atom stereocenters. The fraction of sp³-hybridized carbons (Fsp3) is 0.381. The number of aliphatic imine (C=N–C) groups is 1. The van der Waals surface area contributed by atoms with E-state index in [1.807, 2.05) is 50.5 Å². The molecule has 0 aliphatic carbocycles. The van der Waals surface area contributed by atoms with Crippen LogP contribution in [0.2, 0.25) is 0 Å². The molecule has 7 heteroatoms. The van der Waals surface area contributed by atoms with E-state index in [0.29, 0.717) is 19.1 Å². The van der Waals surface area contributed by atoms with Crippen LogP contribution in [0.1, 0.15) is 11.1 Å². The molecule has 0 atom stereocenters. The zero-order chi connectivity index (χ0) is 19.5. The van der Waals surface area contributed by atoms with Crippen molar-refractivity contribution in [3.05, 3.63) is 59.7 Å². The monoisotopic (exact) mass is 498 g/mol. The van der Waals surface area contributed by atoms with Crippen LogP contribution in [0.5, 0.6) is 11.5 Å². The van der Waals surface area contributed by atoms with E-state index in [2.05, 4.69) is 27.3 Å². The Kier molecular flexibility index (Phi) is 11.4. The molecule has 0 spiro atoms. The summed E-state index contributed by atoms with van der Waals surface area (Å²) in [5.74, 6) is 2.19. The SMILES string of the molecule is COc1ccc(CCNC(N)=NCc2ccc(OCCN(C)C)cc2)cc1.I. The smallest absolute Gasteiger partial charge is 0.188 e. The summed E-state index contributed by atoms with van der Waals surface area (Å²) in [6, 6.07) is 16.0. The lowest BCUT2D eigenvalue weighted by Gasteiger charge is -2.11. The largest absolute Gasteiger partial charge is 0.497 e. The maximum Gasteiger partial charge on any atom is 0.188 e. The molecule has 0 aliphatic rings. The molecule has 0 radical (unpaired) electrons. The molecule has 2 aromatic rings. The van der Waals surface area contributed by atoms with Gasteiger partial charge in [-0.3, -0.25) is 0 Å². The molecule has 28 heavy (non-hydrogen) atoms. The van der Waals surface area contributed by atoms with E-state index < -0.39 is 0 Å². The maximum atomic E-state index is 5.94. The molecule has 6 nitrogen and oxygen atoms in total. The van der Waals surface area contributed by atoms with E-state index in [1.165, 1.54) is 5.56 Å². The third-order valence-electron chi connectivity index (χ3n) is 4.04. The number of hydrogen-bond donors (Lipinski definition) is 2. The van der Waals surface area contributed by atoms with Gasteiger partial charge in [0.05, 0.1) is 13.7 Å².